The smallest absolute Gasteiger partial charge is 0.434 e. The van der Waals surface area contributed by atoms with Crippen LogP contribution in [-0.2, 0) is 16.0 Å². The van der Waals surface area contributed by atoms with Crippen molar-refractivity contribution in [3.63, 3.8) is 0 Å². The average molecular weight is 483 g/mol. The van der Waals surface area contributed by atoms with Crippen LogP contribution in [0.25, 0.3) is 10.8 Å². The van der Waals surface area contributed by atoms with Crippen molar-refractivity contribution in [2.45, 2.75) is 37.3 Å². The lowest BCUT2D eigenvalue weighted by Gasteiger charge is -2.40. The van der Waals surface area contributed by atoms with Crippen LogP contribution < -0.4 is 4.31 Å². The normalized spacial score (nSPS) is 16.9. The maximum Gasteiger partial charge on any atom is 0.434 e. The van der Waals surface area contributed by atoms with Crippen molar-refractivity contribution in [1.82, 2.24) is 4.90 Å². The van der Waals surface area contributed by atoms with E-state index in [4.69, 9.17) is 0 Å². The summed E-state index contributed by atoms with van der Waals surface area (Å²) in [6.07, 6.45) is -17.6. The minimum absolute atomic E-state index is 0.00496. The van der Waals surface area contributed by atoms with Crippen LogP contribution in [0.1, 0.15) is 12.8 Å². The second-order valence-electron chi connectivity index (χ2n) is 7.11. The third kappa shape index (κ3) is 5.26. The van der Waals surface area contributed by atoms with Crippen molar-refractivity contribution in [2.24, 2.45) is 0 Å². The number of ether oxygens (including phenoxy) is 1. The first-order chi connectivity index (χ1) is 14.9. The zero-order valence-corrected chi connectivity index (χ0v) is 17.0. The molecule has 0 radical (unpaired) electrons. The summed E-state index contributed by atoms with van der Waals surface area (Å²) in [6.45, 7) is -0.547. The molecule has 0 N–H and O–H groups in total. The fraction of sp³-hybridized carbons (Fsp3) is 0.421. The van der Waals surface area contributed by atoms with Gasteiger partial charge in [-0.3, -0.25) is 8.51 Å². The van der Waals surface area contributed by atoms with E-state index in [-0.39, 0.29) is 25.9 Å². The molecule has 0 aliphatic carbocycles. The number of nitrogens with zero attached hydrogens (tertiary/aromatic N) is 2. The number of carbonyl (C=O) groups excluding carboxylic acids is 1. The van der Waals surface area contributed by atoms with Gasteiger partial charge in [-0.25, -0.2) is 4.79 Å². The molecule has 13 heteroatoms. The molecule has 32 heavy (non-hydrogen) atoms. The monoisotopic (exact) mass is 483 g/mol. The van der Waals surface area contributed by atoms with Crippen molar-refractivity contribution in [1.29, 1.82) is 0 Å². The maximum absolute atomic E-state index is 12.6. The van der Waals surface area contributed by atoms with Crippen LogP contribution >= 0.6 is 0 Å². The molecule has 1 heterocycles. The van der Waals surface area contributed by atoms with Crippen molar-refractivity contribution in [3.8, 4) is 0 Å². The van der Waals surface area contributed by atoms with E-state index >= 15 is 0 Å². The number of carbonyl (C=O) groups is 1. The van der Waals surface area contributed by atoms with Crippen LogP contribution in [0, 0.1) is 0 Å². The summed E-state index contributed by atoms with van der Waals surface area (Å²) in [5, 5.41) is 1.44. The number of benzene rings is 2. The van der Waals surface area contributed by atoms with E-state index in [1.54, 1.807) is 42.5 Å². The number of halogens is 6. The van der Waals surface area contributed by atoms with Gasteiger partial charge in [-0.2, -0.15) is 26.3 Å². The second kappa shape index (κ2) is 9.14. The number of likely N-dealkylation sites (tertiary alicyclic amines) is 1. The predicted octanol–water partition coefficient (Wildman–Crippen LogP) is 4.53. The topological polar surface area (TPSA) is 72.9 Å². The van der Waals surface area contributed by atoms with Crippen LogP contribution in [0.4, 0.5) is 36.8 Å². The molecule has 1 fully saturated rings. The lowest BCUT2D eigenvalue weighted by molar-refractivity contribution is -0.308. The van der Waals surface area contributed by atoms with Gasteiger partial charge in [0.05, 0.1) is 5.69 Å². The van der Waals surface area contributed by atoms with Crippen molar-refractivity contribution in [3.05, 3.63) is 42.5 Å². The van der Waals surface area contributed by atoms with Crippen LogP contribution in [0.2, 0.25) is 0 Å². The minimum atomic E-state index is -5.81. The summed E-state index contributed by atoms with van der Waals surface area (Å²) >= 11 is -2.71. The molecule has 1 atom stereocenters. The van der Waals surface area contributed by atoms with E-state index in [9.17, 15) is 39.9 Å². The van der Waals surface area contributed by atoms with Gasteiger partial charge in [0.1, 0.15) is 0 Å². The fourth-order valence-corrected chi connectivity index (χ4v) is 4.35. The molecule has 1 aliphatic heterocycles. The Bertz CT molecular complexity index is 972. The molecule has 1 amide bonds. The zero-order chi connectivity index (χ0) is 23.7. The lowest BCUT2D eigenvalue weighted by atomic mass is 10.0. The van der Waals surface area contributed by atoms with Gasteiger partial charge in [0.25, 0.3) is 6.10 Å². The standard InChI is InChI=1S/C19H18F6N2O4S/c20-18(21,22)16(19(23,24)25)31-17(28)26-10-8-13(9-11-26)27(32(29)30)15-7-3-5-12-4-1-2-6-14(12)15/h1-7,13,16H,8-11H2,(H,29,30)/p-1. The van der Waals surface area contributed by atoms with E-state index in [1.807, 2.05) is 0 Å². The van der Waals surface area contributed by atoms with Crippen LogP contribution in [0.15, 0.2) is 42.5 Å². The minimum Gasteiger partial charge on any atom is -0.755 e. The fourth-order valence-electron chi connectivity index (χ4n) is 3.58. The summed E-state index contributed by atoms with van der Waals surface area (Å²) in [5.41, 5.74) is 0.381. The van der Waals surface area contributed by atoms with Crippen molar-refractivity contribution < 1.29 is 44.6 Å². The van der Waals surface area contributed by atoms with E-state index in [2.05, 4.69) is 4.74 Å². The number of alkyl halides is 6. The highest BCUT2D eigenvalue weighted by Gasteiger charge is 2.60. The number of hydrogen-bond donors (Lipinski definition) is 0. The highest BCUT2D eigenvalue weighted by atomic mass is 32.2. The first kappa shape index (κ1) is 24.1. The molecular weight excluding hydrogens is 466 g/mol. The first-order valence-corrected chi connectivity index (χ1v) is 10.4. The predicted molar refractivity (Wildman–Crippen MR) is 102 cm³/mol. The van der Waals surface area contributed by atoms with Crippen molar-refractivity contribution in [2.75, 3.05) is 17.4 Å². The Morgan fingerprint density at radius 1 is 1.03 bits per heavy atom. The summed E-state index contributed by atoms with van der Waals surface area (Å²) in [7, 11) is 0. The molecule has 0 saturated carbocycles. The molecule has 1 saturated heterocycles. The molecule has 0 spiro atoms. The van der Waals surface area contributed by atoms with Gasteiger partial charge >= 0.3 is 18.4 Å². The lowest BCUT2D eigenvalue weighted by Crippen LogP contribution is -2.51. The third-order valence-electron chi connectivity index (χ3n) is 5.03. The van der Waals surface area contributed by atoms with Gasteiger partial charge in [-0.1, -0.05) is 36.4 Å². The van der Waals surface area contributed by atoms with Gasteiger partial charge in [0.15, 0.2) is 0 Å². The number of amides is 1. The summed E-state index contributed by atoms with van der Waals surface area (Å²) in [6, 6.07) is 11.4. The Balaban J connectivity index is 1.73. The summed E-state index contributed by atoms with van der Waals surface area (Å²) in [5.74, 6) is 0. The number of fused-ring (bicyclic) bond motifs is 1. The molecule has 0 bridgehead atoms. The molecule has 1 aliphatic rings. The Hall–Kier alpha value is -2.54. The second-order valence-corrected chi connectivity index (χ2v) is 7.93. The summed E-state index contributed by atoms with van der Waals surface area (Å²) in [4.78, 5) is 12.6. The Kier molecular flexibility index (Phi) is 6.89. The first-order valence-electron chi connectivity index (χ1n) is 9.35. The molecule has 3 rings (SSSR count). The van der Waals surface area contributed by atoms with Crippen LogP contribution in [0.5, 0.6) is 0 Å². The number of rotatable bonds is 4. The van der Waals surface area contributed by atoms with Crippen molar-refractivity contribution >= 4 is 33.8 Å². The Morgan fingerprint density at radius 3 is 2.16 bits per heavy atom. The molecule has 6 nitrogen and oxygen atoms in total. The molecule has 0 aromatic heterocycles. The highest BCUT2D eigenvalue weighted by molar-refractivity contribution is 7.80. The number of piperidine rings is 1. The van der Waals surface area contributed by atoms with Gasteiger partial charge in [0.2, 0.25) is 0 Å². The van der Waals surface area contributed by atoms with Gasteiger partial charge in [-0.15, -0.1) is 0 Å². The molecule has 2 aromatic carbocycles. The molecule has 2 aromatic rings. The Morgan fingerprint density at radius 2 is 1.59 bits per heavy atom. The highest BCUT2D eigenvalue weighted by Crippen LogP contribution is 2.37. The van der Waals surface area contributed by atoms with E-state index in [0.29, 0.717) is 16.0 Å². The SMILES string of the molecule is O=C(OC(C(F)(F)F)C(F)(F)F)N1CCC(N(c2cccc3ccccc23)S(=O)[O-])CC1. The zero-order valence-electron chi connectivity index (χ0n) is 16.2. The maximum atomic E-state index is 12.6. The quantitative estimate of drug-likeness (QED) is 0.473. The van der Waals surface area contributed by atoms with E-state index in [1.165, 1.54) is 0 Å². The number of anilines is 1. The number of hydrogen-bond acceptors (Lipinski definition) is 4. The van der Waals surface area contributed by atoms with E-state index in [0.717, 1.165) is 9.69 Å². The van der Waals surface area contributed by atoms with Crippen LogP contribution in [0.3, 0.4) is 0 Å². The molecule has 176 valence electrons. The average Bonchev–Trinajstić information content (AvgIpc) is 2.71. The third-order valence-corrected chi connectivity index (χ3v) is 5.85. The Labute approximate surface area is 181 Å². The van der Waals surface area contributed by atoms with Gasteiger partial charge in [0, 0.05) is 35.8 Å². The molecule has 1 unspecified atom stereocenters. The largest absolute Gasteiger partial charge is 0.755 e. The summed E-state index contributed by atoms with van der Waals surface area (Å²) < 4.78 is 105. The van der Waals surface area contributed by atoms with E-state index < -0.39 is 41.9 Å². The molecular formula is C19H17F6N2O4S-. The van der Waals surface area contributed by atoms with Gasteiger partial charge in [-0.05, 0) is 24.3 Å². The van der Waals surface area contributed by atoms with Gasteiger partial charge < -0.3 is 14.2 Å². The van der Waals surface area contributed by atoms with Crippen LogP contribution in [-0.4, -0.2) is 57.3 Å².